The fraction of sp³-hybridized carbons (Fsp3) is 0.314. The number of ether oxygens (including phenoxy) is 2. The number of piperidine rings is 1. The van der Waals surface area contributed by atoms with E-state index in [2.05, 4.69) is 49.1 Å². The number of ketones is 1. The Morgan fingerprint density at radius 2 is 2.02 bits per heavy atom. The predicted octanol–water partition coefficient (Wildman–Crippen LogP) is 6.57. The first kappa shape index (κ1) is 27.7. The molecule has 9 nitrogen and oxygen atoms in total. The van der Waals surface area contributed by atoms with E-state index in [0.29, 0.717) is 24.9 Å². The van der Waals surface area contributed by atoms with E-state index in [1.807, 2.05) is 54.9 Å². The highest BCUT2D eigenvalue weighted by molar-refractivity contribution is 5.96. The third-order valence-corrected chi connectivity index (χ3v) is 8.77. The van der Waals surface area contributed by atoms with Crippen molar-refractivity contribution in [3.8, 4) is 29.1 Å². The molecular formula is C35H34N6O3. The summed E-state index contributed by atoms with van der Waals surface area (Å²) >= 11 is 0. The molecule has 0 amide bonds. The largest absolute Gasteiger partial charge is 0.491 e. The van der Waals surface area contributed by atoms with E-state index >= 15 is 0 Å². The molecular weight excluding hydrogens is 552 g/mol. The number of Topliss-reactive ketones (excluding diaryl/α,β-unsaturated/α-hetero) is 1. The highest BCUT2D eigenvalue weighted by Crippen LogP contribution is 2.42. The van der Waals surface area contributed by atoms with Crippen molar-refractivity contribution in [1.29, 1.82) is 0 Å². The van der Waals surface area contributed by atoms with Crippen LogP contribution in [0.5, 0.6) is 17.2 Å². The molecule has 0 radical (unpaired) electrons. The number of imidazole rings is 1. The van der Waals surface area contributed by atoms with Crippen molar-refractivity contribution in [2.75, 3.05) is 29.9 Å². The van der Waals surface area contributed by atoms with Crippen molar-refractivity contribution >= 4 is 44.9 Å². The van der Waals surface area contributed by atoms with Crippen molar-refractivity contribution in [1.82, 2.24) is 19.5 Å². The van der Waals surface area contributed by atoms with Crippen LogP contribution in [-0.4, -0.2) is 45.0 Å². The van der Waals surface area contributed by atoms with Gasteiger partial charge in [-0.2, -0.15) is 0 Å². The Kier molecular flexibility index (Phi) is 7.26. The molecule has 44 heavy (non-hydrogen) atoms. The van der Waals surface area contributed by atoms with Gasteiger partial charge in [0, 0.05) is 55.7 Å². The number of carbonyl (C=O) groups is 1. The molecule has 9 heteroatoms. The van der Waals surface area contributed by atoms with Crippen LogP contribution in [0, 0.1) is 30.6 Å². The number of benzene rings is 3. The molecule has 5 aromatic rings. The molecule has 2 aliphatic heterocycles. The average molecular weight is 587 g/mol. The minimum atomic E-state index is 0.0254. The minimum absolute atomic E-state index is 0.0254. The third-order valence-electron chi connectivity index (χ3n) is 8.77. The van der Waals surface area contributed by atoms with E-state index < -0.39 is 0 Å². The summed E-state index contributed by atoms with van der Waals surface area (Å²) < 4.78 is 14.6. The van der Waals surface area contributed by atoms with Crippen molar-refractivity contribution in [3.63, 3.8) is 0 Å². The van der Waals surface area contributed by atoms with E-state index in [1.165, 1.54) is 0 Å². The van der Waals surface area contributed by atoms with Gasteiger partial charge in [-0.25, -0.2) is 15.0 Å². The number of carbonyl (C=O) groups excluding carboxylic acids is 1. The Hall–Kier alpha value is -5.10. The molecule has 2 aliphatic rings. The maximum Gasteiger partial charge on any atom is 0.205 e. The molecule has 1 fully saturated rings. The number of hydrogen-bond acceptors (Lipinski definition) is 8. The number of nitrogens with one attached hydrogen (secondary N) is 1. The standard InChI is InChI=1S/C35H34N6O3/c1-4-5-26(42)8-6-23-12-13-41-18-24(23)19-43-34-17-29-28(16-32(34)41)35(37-20-36-29)39-25-7-11-33(22(2)14-25)44-27-9-10-31-30(15-27)38-21-40(31)3/h7,9-11,14-17,20-21,23-24H,6,8,12-13,18-19H2,1-3H3,(H,36,37,39)/t23?,24-/m0/s1. The van der Waals surface area contributed by atoms with Gasteiger partial charge in [0.1, 0.15) is 29.4 Å². The number of anilines is 3. The Balaban J connectivity index is 1.10. The smallest absolute Gasteiger partial charge is 0.205 e. The van der Waals surface area contributed by atoms with Gasteiger partial charge < -0.3 is 24.3 Å². The number of hydrogen-bond donors (Lipinski definition) is 1. The zero-order chi connectivity index (χ0) is 30.2. The van der Waals surface area contributed by atoms with Gasteiger partial charge in [0.25, 0.3) is 0 Å². The van der Waals surface area contributed by atoms with E-state index in [4.69, 9.17) is 9.47 Å². The fourth-order valence-electron chi connectivity index (χ4n) is 6.40. The summed E-state index contributed by atoms with van der Waals surface area (Å²) in [6.45, 7) is 6.19. The van der Waals surface area contributed by atoms with Crippen LogP contribution in [-0.2, 0) is 11.8 Å². The van der Waals surface area contributed by atoms with E-state index in [1.54, 1.807) is 19.6 Å². The molecule has 2 aromatic heterocycles. The van der Waals surface area contributed by atoms with Crippen molar-refractivity contribution in [2.45, 2.75) is 33.1 Å². The van der Waals surface area contributed by atoms with Gasteiger partial charge in [-0.3, -0.25) is 4.79 Å². The van der Waals surface area contributed by atoms with Crippen LogP contribution in [0.25, 0.3) is 21.9 Å². The Bertz CT molecular complexity index is 1960. The molecule has 7 rings (SSSR count). The van der Waals surface area contributed by atoms with Crippen LogP contribution in [0.4, 0.5) is 17.2 Å². The van der Waals surface area contributed by atoms with Gasteiger partial charge in [-0.15, -0.1) is 0 Å². The van der Waals surface area contributed by atoms with Crippen LogP contribution >= 0.6 is 0 Å². The number of rotatable bonds is 7. The van der Waals surface area contributed by atoms with Crippen molar-refractivity contribution < 1.29 is 14.3 Å². The SMILES string of the molecule is CC#CC(=O)CCC1CCN2C[C@H]1COc1cc3ncnc(Nc4ccc(Oc5ccc6c(c5)ncn6C)c(C)c4)c3cc12. The summed E-state index contributed by atoms with van der Waals surface area (Å²) in [6, 6.07) is 16.1. The zero-order valence-corrected chi connectivity index (χ0v) is 25.1. The van der Waals surface area contributed by atoms with Gasteiger partial charge in [-0.05, 0) is 80.5 Å². The molecule has 0 spiro atoms. The summed E-state index contributed by atoms with van der Waals surface area (Å²) in [6.07, 6.45) is 5.78. The Morgan fingerprint density at radius 3 is 2.89 bits per heavy atom. The Labute approximate surface area is 256 Å². The van der Waals surface area contributed by atoms with Crippen molar-refractivity contribution in [3.05, 3.63) is 66.7 Å². The number of nitrogens with zero attached hydrogens (tertiary/aromatic N) is 5. The predicted molar refractivity (Wildman–Crippen MR) is 172 cm³/mol. The van der Waals surface area contributed by atoms with Crippen LogP contribution in [0.1, 0.15) is 31.7 Å². The van der Waals surface area contributed by atoms with E-state index in [9.17, 15) is 4.79 Å². The lowest BCUT2D eigenvalue weighted by molar-refractivity contribution is -0.114. The number of fused-ring (bicyclic) bond motifs is 6. The van der Waals surface area contributed by atoms with Crippen molar-refractivity contribution in [2.24, 2.45) is 18.9 Å². The molecule has 3 aromatic carbocycles. The lowest BCUT2D eigenvalue weighted by atomic mass is 9.82. The first-order valence-electron chi connectivity index (χ1n) is 15.0. The Morgan fingerprint density at radius 1 is 1.11 bits per heavy atom. The van der Waals surface area contributed by atoms with Gasteiger partial charge in [0.05, 0.1) is 35.2 Å². The highest BCUT2D eigenvalue weighted by Gasteiger charge is 2.34. The molecule has 0 aliphatic carbocycles. The fourth-order valence-corrected chi connectivity index (χ4v) is 6.40. The molecule has 2 atom stereocenters. The van der Waals surface area contributed by atoms with Crippen LogP contribution in [0.3, 0.4) is 0 Å². The summed E-state index contributed by atoms with van der Waals surface area (Å²) in [7, 11) is 1.98. The van der Waals surface area contributed by atoms with E-state index in [-0.39, 0.29) is 5.78 Å². The summed E-state index contributed by atoms with van der Waals surface area (Å²) in [5.74, 6) is 9.33. The number of aromatic nitrogens is 4. The third kappa shape index (κ3) is 5.39. The highest BCUT2D eigenvalue weighted by atomic mass is 16.5. The molecule has 2 bridgehead atoms. The zero-order valence-electron chi connectivity index (χ0n) is 25.1. The number of aryl methyl sites for hydroxylation is 2. The topological polar surface area (TPSA) is 94.4 Å². The molecule has 222 valence electrons. The summed E-state index contributed by atoms with van der Waals surface area (Å²) in [5, 5.41) is 4.44. The summed E-state index contributed by atoms with van der Waals surface area (Å²) in [5.41, 5.74) is 5.74. The van der Waals surface area contributed by atoms with Crippen LogP contribution in [0.2, 0.25) is 0 Å². The maximum absolute atomic E-state index is 12.0. The monoisotopic (exact) mass is 586 g/mol. The van der Waals surface area contributed by atoms with Crippen LogP contribution in [0.15, 0.2) is 61.2 Å². The molecule has 1 saturated heterocycles. The van der Waals surface area contributed by atoms with E-state index in [0.717, 1.165) is 87.9 Å². The molecule has 0 saturated carbocycles. The average Bonchev–Trinajstić information content (AvgIpc) is 3.33. The minimum Gasteiger partial charge on any atom is -0.491 e. The quantitative estimate of drug-likeness (QED) is 0.169. The lowest BCUT2D eigenvalue weighted by Gasteiger charge is -2.37. The van der Waals surface area contributed by atoms with Gasteiger partial charge in [0.15, 0.2) is 0 Å². The maximum atomic E-state index is 12.0. The first-order valence-corrected chi connectivity index (χ1v) is 15.0. The molecule has 1 N–H and O–H groups in total. The van der Waals surface area contributed by atoms with Gasteiger partial charge >= 0.3 is 0 Å². The van der Waals surface area contributed by atoms with Gasteiger partial charge in [-0.1, -0.05) is 5.92 Å². The summed E-state index contributed by atoms with van der Waals surface area (Å²) in [4.78, 5) is 28.0. The van der Waals surface area contributed by atoms with Gasteiger partial charge in [0.2, 0.25) is 5.78 Å². The van der Waals surface area contributed by atoms with Crippen LogP contribution < -0.4 is 19.7 Å². The second kappa shape index (κ2) is 11.5. The second-order valence-electron chi connectivity index (χ2n) is 11.7. The normalized spacial score (nSPS) is 17.3. The second-order valence-corrected chi connectivity index (χ2v) is 11.7. The first-order chi connectivity index (χ1) is 21.4. The molecule has 4 heterocycles. The molecule has 1 unspecified atom stereocenters. The lowest BCUT2D eigenvalue weighted by Crippen LogP contribution is -2.41.